The van der Waals surface area contributed by atoms with Crippen molar-refractivity contribution < 1.29 is 0 Å². The summed E-state index contributed by atoms with van der Waals surface area (Å²) in [4.78, 5) is 2.53. The Kier molecular flexibility index (Phi) is 7.92. The zero-order valence-electron chi connectivity index (χ0n) is 17.8. The summed E-state index contributed by atoms with van der Waals surface area (Å²) in [6, 6.07) is 22.4. The first kappa shape index (κ1) is 22.1. The van der Waals surface area contributed by atoms with Crippen molar-refractivity contribution >= 4 is 15.9 Å². The largest absolute Gasteiger partial charge is 0.297 e. The minimum atomic E-state index is -0.383. The van der Waals surface area contributed by atoms with Crippen LogP contribution in [-0.2, 0) is 12.0 Å². The molecule has 0 bridgehead atoms. The highest BCUT2D eigenvalue weighted by atomic mass is 79.9. The molecule has 0 aliphatic heterocycles. The topological polar surface area (TPSA) is 27.0 Å². The Morgan fingerprint density at radius 1 is 1.07 bits per heavy atom. The SMILES string of the molecule is CC(C)N(CCCC(C#N)(c1ccccc1Br)C1CCCC1)Cc1ccccc1. The molecule has 2 nitrogen and oxygen atoms in total. The van der Waals surface area contributed by atoms with Gasteiger partial charge in [0.15, 0.2) is 0 Å². The Hall–Kier alpha value is -1.63. The molecule has 1 saturated carbocycles. The first-order valence-corrected chi connectivity index (χ1v) is 11.8. The number of benzene rings is 2. The summed E-state index contributed by atoms with van der Waals surface area (Å²) >= 11 is 3.75. The van der Waals surface area contributed by atoms with Gasteiger partial charge in [-0.05, 0) is 69.2 Å². The number of hydrogen-bond acceptors (Lipinski definition) is 2. The average molecular weight is 453 g/mol. The summed E-state index contributed by atoms with van der Waals surface area (Å²) in [5.41, 5.74) is 2.16. The molecule has 2 aromatic rings. The zero-order valence-corrected chi connectivity index (χ0v) is 19.4. The monoisotopic (exact) mass is 452 g/mol. The van der Waals surface area contributed by atoms with Gasteiger partial charge in [-0.25, -0.2) is 0 Å². The highest BCUT2D eigenvalue weighted by molar-refractivity contribution is 9.10. The first-order chi connectivity index (χ1) is 14.1. The lowest BCUT2D eigenvalue weighted by Crippen LogP contribution is -2.36. The van der Waals surface area contributed by atoms with Crippen molar-refractivity contribution in [2.24, 2.45) is 5.92 Å². The maximum atomic E-state index is 10.4. The van der Waals surface area contributed by atoms with Crippen LogP contribution in [0.4, 0.5) is 0 Å². The van der Waals surface area contributed by atoms with E-state index in [-0.39, 0.29) is 5.41 Å². The van der Waals surface area contributed by atoms with Crippen LogP contribution >= 0.6 is 15.9 Å². The van der Waals surface area contributed by atoms with Gasteiger partial charge in [0.2, 0.25) is 0 Å². The Bertz CT molecular complexity index is 805. The minimum absolute atomic E-state index is 0.383. The second-order valence-electron chi connectivity index (χ2n) is 8.70. The van der Waals surface area contributed by atoms with Crippen molar-refractivity contribution in [1.29, 1.82) is 5.26 Å². The molecule has 1 unspecified atom stereocenters. The normalized spacial score (nSPS) is 16.8. The van der Waals surface area contributed by atoms with Gasteiger partial charge < -0.3 is 0 Å². The van der Waals surface area contributed by atoms with E-state index in [0.29, 0.717) is 12.0 Å². The van der Waals surface area contributed by atoms with Gasteiger partial charge in [-0.2, -0.15) is 5.26 Å². The molecular weight excluding hydrogens is 420 g/mol. The summed E-state index contributed by atoms with van der Waals surface area (Å²) in [5, 5.41) is 10.4. The fourth-order valence-electron chi connectivity index (χ4n) is 4.91. The summed E-state index contributed by atoms with van der Waals surface area (Å²) in [5.74, 6) is 0.466. The maximum absolute atomic E-state index is 10.4. The predicted octanol–water partition coefficient (Wildman–Crippen LogP) is 7.09. The third-order valence-electron chi connectivity index (χ3n) is 6.58. The molecule has 1 aliphatic rings. The Labute approximate surface area is 185 Å². The van der Waals surface area contributed by atoms with E-state index in [9.17, 15) is 5.26 Å². The highest BCUT2D eigenvalue weighted by Gasteiger charge is 2.42. The van der Waals surface area contributed by atoms with Gasteiger partial charge in [0, 0.05) is 17.1 Å². The van der Waals surface area contributed by atoms with Crippen molar-refractivity contribution in [2.75, 3.05) is 6.54 Å². The number of hydrogen-bond donors (Lipinski definition) is 0. The van der Waals surface area contributed by atoms with Crippen molar-refractivity contribution in [3.63, 3.8) is 0 Å². The number of nitrogens with zero attached hydrogens (tertiary/aromatic N) is 2. The van der Waals surface area contributed by atoms with Crippen molar-refractivity contribution in [2.45, 2.75) is 70.4 Å². The number of halogens is 1. The van der Waals surface area contributed by atoms with Crippen molar-refractivity contribution in [3.05, 3.63) is 70.2 Å². The first-order valence-electron chi connectivity index (χ1n) is 11.0. The Morgan fingerprint density at radius 2 is 1.72 bits per heavy atom. The fourth-order valence-corrected chi connectivity index (χ4v) is 5.55. The fraction of sp³-hybridized carbons (Fsp3) is 0.500. The van der Waals surface area contributed by atoms with Crippen LogP contribution in [0.1, 0.15) is 63.5 Å². The van der Waals surface area contributed by atoms with Crippen LogP contribution in [0, 0.1) is 17.2 Å². The molecule has 1 atom stereocenters. The molecule has 3 heteroatoms. The quantitative estimate of drug-likeness (QED) is 0.405. The molecule has 154 valence electrons. The number of nitriles is 1. The smallest absolute Gasteiger partial charge is 0.0861 e. The van der Waals surface area contributed by atoms with Gasteiger partial charge in [-0.1, -0.05) is 77.3 Å². The van der Waals surface area contributed by atoms with E-state index in [1.165, 1.54) is 36.8 Å². The lowest BCUT2D eigenvalue weighted by atomic mass is 9.67. The lowest BCUT2D eigenvalue weighted by molar-refractivity contribution is 0.197. The van der Waals surface area contributed by atoms with Gasteiger partial charge in [-0.3, -0.25) is 4.90 Å². The molecule has 1 fully saturated rings. The molecular formula is C26H33BrN2. The van der Waals surface area contributed by atoms with Crippen LogP contribution in [0.5, 0.6) is 0 Å². The van der Waals surface area contributed by atoms with Gasteiger partial charge in [0.05, 0.1) is 11.5 Å². The lowest BCUT2D eigenvalue weighted by Gasteiger charge is -2.35. The van der Waals surface area contributed by atoms with Crippen LogP contribution < -0.4 is 0 Å². The molecule has 0 aromatic heterocycles. The van der Waals surface area contributed by atoms with Crippen molar-refractivity contribution in [3.8, 4) is 6.07 Å². The molecule has 0 radical (unpaired) electrons. The molecule has 0 amide bonds. The van der Waals surface area contributed by atoms with E-state index in [0.717, 1.165) is 30.4 Å². The van der Waals surface area contributed by atoms with Crippen LogP contribution in [-0.4, -0.2) is 17.5 Å². The molecule has 1 aliphatic carbocycles. The minimum Gasteiger partial charge on any atom is -0.297 e. The van der Waals surface area contributed by atoms with Crippen LogP contribution in [0.2, 0.25) is 0 Å². The van der Waals surface area contributed by atoms with Gasteiger partial charge >= 0.3 is 0 Å². The van der Waals surface area contributed by atoms with Gasteiger partial charge in [-0.15, -0.1) is 0 Å². The standard InChI is InChI=1S/C26H33BrN2/c1-21(2)29(19-22-11-4-3-5-12-22)18-10-17-26(20-28,23-13-6-7-14-23)24-15-8-9-16-25(24)27/h3-5,8-9,11-12,15-16,21,23H,6-7,10,13-14,17-19H2,1-2H3. The Balaban J connectivity index is 1.76. The van der Waals surface area contributed by atoms with Crippen LogP contribution in [0.3, 0.4) is 0 Å². The second-order valence-corrected chi connectivity index (χ2v) is 9.55. The molecule has 3 rings (SSSR count). The molecule has 2 aromatic carbocycles. The molecule has 0 spiro atoms. The molecule has 0 saturated heterocycles. The summed E-state index contributed by atoms with van der Waals surface area (Å²) in [6.45, 7) is 6.53. The number of rotatable bonds is 9. The van der Waals surface area contributed by atoms with E-state index < -0.39 is 0 Å². The van der Waals surface area contributed by atoms with E-state index in [2.05, 4.69) is 89.3 Å². The van der Waals surface area contributed by atoms with Crippen LogP contribution in [0.25, 0.3) is 0 Å². The Morgan fingerprint density at radius 3 is 2.34 bits per heavy atom. The van der Waals surface area contributed by atoms with Gasteiger partial charge in [0.25, 0.3) is 0 Å². The zero-order chi connectivity index (χ0) is 20.7. The van der Waals surface area contributed by atoms with Crippen LogP contribution in [0.15, 0.2) is 59.1 Å². The third kappa shape index (κ3) is 5.30. The van der Waals surface area contributed by atoms with Crippen molar-refractivity contribution in [1.82, 2.24) is 4.90 Å². The molecule has 0 heterocycles. The second kappa shape index (κ2) is 10.4. The average Bonchev–Trinajstić information content (AvgIpc) is 3.27. The predicted molar refractivity (Wildman–Crippen MR) is 125 cm³/mol. The summed E-state index contributed by atoms with van der Waals surface area (Å²) < 4.78 is 1.08. The van der Waals surface area contributed by atoms with E-state index >= 15 is 0 Å². The summed E-state index contributed by atoms with van der Waals surface area (Å²) in [7, 11) is 0. The summed E-state index contributed by atoms with van der Waals surface area (Å²) in [6.07, 6.45) is 6.82. The van der Waals surface area contributed by atoms with Gasteiger partial charge in [0.1, 0.15) is 0 Å². The molecule has 29 heavy (non-hydrogen) atoms. The molecule has 0 N–H and O–H groups in total. The van der Waals surface area contributed by atoms with E-state index in [4.69, 9.17) is 0 Å². The highest BCUT2D eigenvalue weighted by Crippen LogP contribution is 2.47. The van der Waals surface area contributed by atoms with E-state index in [1.807, 2.05) is 6.07 Å². The maximum Gasteiger partial charge on any atom is 0.0861 e. The third-order valence-corrected chi connectivity index (χ3v) is 7.27. The van der Waals surface area contributed by atoms with E-state index in [1.54, 1.807) is 0 Å².